The molecule has 154 valence electrons. The predicted molar refractivity (Wildman–Crippen MR) is 110 cm³/mol. The van der Waals surface area contributed by atoms with Gasteiger partial charge in [0.25, 0.3) is 0 Å². The van der Waals surface area contributed by atoms with E-state index in [1.165, 1.54) is 16.9 Å². The van der Waals surface area contributed by atoms with Crippen LogP contribution in [0.3, 0.4) is 0 Å². The van der Waals surface area contributed by atoms with Crippen LogP contribution in [0.15, 0.2) is 24.3 Å². The minimum Gasteiger partial charge on any atom is -0.492 e. The van der Waals surface area contributed by atoms with Gasteiger partial charge >= 0.3 is 0 Å². The molecule has 29 heavy (non-hydrogen) atoms. The topological polar surface area (TPSA) is 72.1 Å². The summed E-state index contributed by atoms with van der Waals surface area (Å²) in [5.41, 5.74) is 2.38. The van der Waals surface area contributed by atoms with E-state index in [4.69, 9.17) is 9.47 Å². The molecule has 1 spiro atoms. The van der Waals surface area contributed by atoms with Crippen molar-refractivity contribution in [1.82, 2.24) is 19.5 Å². The van der Waals surface area contributed by atoms with Crippen molar-refractivity contribution >= 4 is 16.3 Å². The normalized spacial score (nSPS) is 20.6. The summed E-state index contributed by atoms with van der Waals surface area (Å²) in [6.45, 7) is 7.14. The van der Waals surface area contributed by atoms with Gasteiger partial charge in [-0.15, -0.1) is 5.10 Å². The van der Waals surface area contributed by atoms with Gasteiger partial charge in [-0.2, -0.15) is 4.52 Å². The third-order valence-corrected chi connectivity index (χ3v) is 7.01. The molecule has 0 aliphatic carbocycles. The Bertz CT molecular complexity index is 997. The maximum Gasteiger partial charge on any atom is 0.230 e. The van der Waals surface area contributed by atoms with E-state index in [0.29, 0.717) is 13.2 Å². The van der Waals surface area contributed by atoms with E-state index in [9.17, 15) is 5.11 Å². The minimum absolute atomic E-state index is 0.0482. The smallest absolute Gasteiger partial charge is 0.230 e. The van der Waals surface area contributed by atoms with Crippen molar-refractivity contribution in [2.45, 2.75) is 44.9 Å². The average Bonchev–Trinajstić information content (AvgIpc) is 3.43. The summed E-state index contributed by atoms with van der Waals surface area (Å²) in [6.07, 6.45) is 2.41. The summed E-state index contributed by atoms with van der Waals surface area (Å²) in [7, 11) is 0. The highest BCUT2D eigenvalue weighted by molar-refractivity contribution is 7.17. The lowest BCUT2D eigenvalue weighted by Crippen LogP contribution is -2.46. The van der Waals surface area contributed by atoms with E-state index in [2.05, 4.69) is 46.2 Å². The van der Waals surface area contributed by atoms with Crippen LogP contribution in [0.2, 0.25) is 0 Å². The Morgan fingerprint density at radius 2 is 1.86 bits per heavy atom. The molecule has 1 aromatic carbocycles. The minimum atomic E-state index is -0.419. The lowest BCUT2D eigenvalue weighted by molar-refractivity contribution is -0.187. The SMILES string of the molecule is CCc1nc2sc([C@H](c3ccc(C)cc3)N3CCC4(CC3)OCCO4)c(O)n2n1. The molecule has 2 aliphatic heterocycles. The predicted octanol–water partition coefficient (Wildman–Crippen LogP) is 3.30. The highest BCUT2D eigenvalue weighted by Crippen LogP contribution is 2.42. The Morgan fingerprint density at radius 3 is 2.48 bits per heavy atom. The van der Waals surface area contributed by atoms with E-state index >= 15 is 0 Å². The maximum absolute atomic E-state index is 11.0. The van der Waals surface area contributed by atoms with Crippen LogP contribution >= 0.6 is 11.3 Å². The van der Waals surface area contributed by atoms with Crippen LogP contribution < -0.4 is 0 Å². The van der Waals surface area contributed by atoms with Gasteiger partial charge < -0.3 is 14.6 Å². The first-order valence-electron chi connectivity index (χ1n) is 10.2. The highest BCUT2D eigenvalue weighted by Gasteiger charge is 2.42. The van der Waals surface area contributed by atoms with E-state index in [0.717, 1.165) is 53.6 Å². The zero-order valence-electron chi connectivity index (χ0n) is 16.8. The van der Waals surface area contributed by atoms with Crippen molar-refractivity contribution in [2.75, 3.05) is 26.3 Å². The van der Waals surface area contributed by atoms with Crippen molar-refractivity contribution < 1.29 is 14.6 Å². The van der Waals surface area contributed by atoms with Crippen LogP contribution in [0.5, 0.6) is 5.88 Å². The lowest BCUT2D eigenvalue weighted by Gasteiger charge is -2.41. The van der Waals surface area contributed by atoms with E-state index in [-0.39, 0.29) is 11.9 Å². The maximum atomic E-state index is 11.0. The second kappa shape index (κ2) is 7.36. The second-order valence-electron chi connectivity index (χ2n) is 7.82. The van der Waals surface area contributed by atoms with Crippen LogP contribution in [-0.4, -0.2) is 56.7 Å². The van der Waals surface area contributed by atoms with Crippen molar-refractivity contribution in [2.24, 2.45) is 0 Å². The number of thiazole rings is 1. The Kier molecular flexibility index (Phi) is 4.82. The number of benzene rings is 1. The first-order valence-corrected chi connectivity index (χ1v) is 11.1. The van der Waals surface area contributed by atoms with Crippen molar-refractivity contribution in [3.63, 3.8) is 0 Å². The molecule has 0 unspecified atom stereocenters. The number of aryl methyl sites for hydroxylation is 2. The standard InChI is InChI=1S/C21H26N4O3S/c1-3-16-22-20-25(23-16)19(26)18(29-20)17(15-6-4-14(2)5-7-15)24-10-8-21(9-11-24)27-12-13-28-21/h4-7,17,26H,3,8-13H2,1-2H3/t17-/m0/s1. The molecule has 1 atom stereocenters. The molecular formula is C21H26N4O3S. The number of likely N-dealkylation sites (tertiary alicyclic amines) is 1. The molecule has 2 fully saturated rings. The Hall–Kier alpha value is -2.00. The van der Waals surface area contributed by atoms with Crippen LogP contribution in [0.25, 0.3) is 4.96 Å². The fourth-order valence-corrected chi connectivity index (χ4v) is 5.44. The van der Waals surface area contributed by atoms with Crippen LogP contribution in [0.1, 0.15) is 47.6 Å². The monoisotopic (exact) mass is 414 g/mol. The molecule has 0 radical (unpaired) electrons. The first-order chi connectivity index (χ1) is 14.1. The molecule has 1 N–H and O–H groups in total. The third kappa shape index (κ3) is 3.34. The molecule has 0 amide bonds. The fraction of sp³-hybridized carbons (Fsp3) is 0.524. The summed E-state index contributed by atoms with van der Waals surface area (Å²) >= 11 is 1.52. The highest BCUT2D eigenvalue weighted by atomic mass is 32.1. The van der Waals surface area contributed by atoms with Gasteiger partial charge in [-0.25, -0.2) is 4.98 Å². The molecule has 8 heteroatoms. The molecule has 2 aromatic heterocycles. The molecule has 5 rings (SSSR count). The summed E-state index contributed by atoms with van der Waals surface area (Å²) in [4.78, 5) is 8.59. The van der Waals surface area contributed by atoms with Crippen LogP contribution in [-0.2, 0) is 15.9 Å². The van der Waals surface area contributed by atoms with Gasteiger partial charge in [0.05, 0.1) is 24.1 Å². The van der Waals surface area contributed by atoms with Crippen LogP contribution in [0.4, 0.5) is 0 Å². The van der Waals surface area contributed by atoms with Gasteiger partial charge in [-0.05, 0) is 12.5 Å². The fourth-order valence-electron chi connectivity index (χ4n) is 4.30. The van der Waals surface area contributed by atoms with E-state index in [1.54, 1.807) is 4.52 Å². The van der Waals surface area contributed by atoms with Crippen LogP contribution in [0, 0.1) is 6.92 Å². The average molecular weight is 415 g/mol. The number of rotatable bonds is 4. The summed E-state index contributed by atoms with van der Waals surface area (Å²) in [5.74, 6) is 0.523. The van der Waals surface area contributed by atoms with Gasteiger partial charge in [0.2, 0.25) is 10.8 Å². The molecule has 4 heterocycles. The summed E-state index contributed by atoms with van der Waals surface area (Å²) < 4.78 is 13.4. The number of hydrogen-bond acceptors (Lipinski definition) is 7. The Balaban J connectivity index is 1.52. The Morgan fingerprint density at radius 1 is 1.17 bits per heavy atom. The molecule has 0 saturated carbocycles. The number of aromatic nitrogens is 3. The number of nitrogens with zero attached hydrogens (tertiary/aromatic N) is 4. The van der Waals surface area contributed by atoms with Gasteiger partial charge in [0.1, 0.15) is 0 Å². The molecular weight excluding hydrogens is 388 g/mol. The first kappa shape index (κ1) is 19.0. The zero-order valence-corrected chi connectivity index (χ0v) is 17.6. The molecule has 3 aromatic rings. The largest absolute Gasteiger partial charge is 0.492 e. The van der Waals surface area contributed by atoms with Crippen molar-refractivity contribution in [3.05, 3.63) is 46.1 Å². The second-order valence-corrected chi connectivity index (χ2v) is 8.83. The van der Waals surface area contributed by atoms with Gasteiger partial charge in [0, 0.05) is 32.4 Å². The number of fused-ring (bicyclic) bond motifs is 1. The quantitative estimate of drug-likeness (QED) is 0.706. The molecule has 2 aliphatic rings. The lowest BCUT2D eigenvalue weighted by atomic mass is 9.97. The number of ether oxygens (including phenoxy) is 2. The summed E-state index contributed by atoms with van der Waals surface area (Å²) in [6, 6.07) is 8.51. The van der Waals surface area contributed by atoms with Crippen molar-refractivity contribution in [1.29, 1.82) is 0 Å². The van der Waals surface area contributed by atoms with Gasteiger partial charge in [-0.3, -0.25) is 4.90 Å². The van der Waals surface area contributed by atoms with Gasteiger partial charge in [0.15, 0.2) is 11.6 Å². The number of hydrogen-bond donors (Lipinski definition) is 1. The Labute approximate surface area is 173 Å². The molecule has 2 saturated heterocycles. The number of aromatic hydroxyl groups is 1. The molecule has 0 bridgehead atoms. The van der Waals surface area contributed by atoms with Crippen molar-refractivity contribution in [3.8, 4) is 5.88 Å². The zero-order chi connectivity index (χ0) is 20.0. The van der Waals surface area contributed by atoms with Gasteiger partial charge in [-0.1, -0.05) is 48.1 Å². The summed E-state index contributed by atoms with van der Waals surface area (Å²) in [5, 5.41) is 15.5. The number of piperidine rings is 1. The third-order valence-electron chi connectivity index (χ3n) is 5.94. The molecule has 7 nitrogen and oxygen atoms in total. The van der Waals surface area contributed by atoms with E-state index in [1.807, 2.05) is 6.92 Å². The van der Waals surface area contributed by atoms with E-state index < -0.39 is 5.79 Å².